The van der Waals surface area contributed by atoms with Gasteiger partial charge in [-0.3, -0.25) is 9.59 Å². The third-order valence-corrected chi connectivity index (χ3v) is 4.92. The molecular formula is C20H22ClN5O4. The van der Waals surface area contributed by atoms with E-state index in [1.54, 1.807) is 24.0 Å². The first-order valence-electron chi connectivity index (χ1n) is 9.29. The maximum Gasteiger partial charge on any atom is 0.269 e. The SMILES string of the molecule is C=CC(=O)N1CC(C(C)O)O[C@H](c2cc(Cl)nc(-c3cc(C(=O)NC)ncn3)c2)C1. The number of carbonyl (C=O) groups is 2. The van der Waals surface area contributed by atoms with Gasteiger partial charge in [0.25, 0.3) is 5.91 Å². The highest BCUT2D eigenvalue weighted by Gasteiger charge is 2.33. The van der Waals surface area contributed by atoms with E-state index in [4.69, 9.17) is 16.3 Å². The van der Waals surface area contributed by atoms with E-state index in [0.717, 1.165) is 0 Å². The zero-order chi connectivity index (χ0) is 21.8. The van der Waals surface area contributed by atoms with Crippen molar-refractivity contribution in [2.45, 2.75) is 25.2 Å². The summed E-state index contributed by atoms with van der Waals surface area (Å²) in [5, 5.41) is 12.7. The molecule has 2 amide bonds. The lowest BCUT2D eigenvalue weighted by molar-refractivity contribution is -0.152. The second-order valence-electron chi connectivity index (χ2n) is 6.83. The Hall–Kier alpha value is -2.88. The number of ether oxygens (including phenoxy) is 1. The number of aliphatic hydroxyl groups excluding tert-OH is 1. The average Bonchev–Trinajstić information content (AvgIpc) is 2.77. The first-order valence-corrected chi connectivity index (χ1v) is 9.67. The summed E-state index contributed by atoms with van der Waals surface area (Å²) in [6.45, 7) is 5.66. The number of carbonyl (C=O) groups excluding carboxylic acids is 2. The van der Waals surface area contributed by atoms with E-state index < -0.39 is 18.3 Å². The lowest BCUT2D eigenvalue weighted by Crippen LogP contribution is -2.50. The summed E-state index contributed by atoms with van der Waals surface area (Å²) < 4.78 is 6.02. The van der Waals surface area contributed by atoms with Crippen molar-refractivity contribution in [3.8, 4) is 11.4 Å². The first kappa shape index (κ1) is 21.8. The summed E-state index contributed by atoms with van der Waals surface area (Å²) in [7, 11) is 1.51. The third kappa shape index (κ3) is 4.81. The molecule has 1 aliphatic heterocycles. The summed E-state index contributed by atoms with van der Waals surface area (Å²) >= 11 is 6.24. The van der Waals surface area contributed by atoms with Crippen LogP contribution in [0.25, 0.3) is 11.4 Å². The molecule has 0 bridgehead atoms. The molecule has 2 unspecified atom stereocenters. The van der Waals surface area contributed by atoms with Crippen molar-refractivity contribution < 1.29 is 19.4 Å². The summed E-state index contributed by atoms with van der Waals surface area (Å²) in [4.78, 5) is 38.0. The monoisotopic (exact) mass is 431 g/mol. The van der Waals surface area contributed by atoms with Gasteiger partial charge in [-0.15, -0.1) is 0 Å². The number of morpholine rings is 1. The van der Waals surface area contributed by atoms with Crippen molar-refractivity contribution in [3.05, 3.63) is 53.6 Å². The molecule has 0 saturated carbocycles. The summed E-state index contributed by atoms with van der Waals surface area (Å²) in [5.74, 6) is -0.602. The minimum absolute atomic E-state index is 0.191. The van der Waals surface area contributed by atoms with E-state index >= 15 is 0 Å². The van der Waals surface area contributed by atoms with Crippen LogP contribution in [0.5, 0.6) is 0 Å². The quantitative estimate of drug-likeness (QED) is 0.542. The number of aliphatic hydroxyl groups is 1. The van der Waals surface area contributed by atoms with Gasteiger partial charge in [-0.2, -0.15) is 0 Å². The predicted octanol–water partition coefficient (Wildman–Crippen LogP) is 1.39. The van der Waals surface area contributed by atoms with Gasteiger partial charge in [0.2, 0.25) is 5.91 Å². The number of rotatable bonds is 5. The van der Waals surface area contributed by atoms with Crippen LogP contribution in [0.3, 0.4) is 0 Å². The lowest BCUT2D eigenvalue weighted by Gasteiger charge is -2.39. The van der Waals surface area contributed by atoms with Crippen molar-refractivity contribution in [2.24, 2.45) is 0 Å². The predicted molar refractivity (Wildman–Crippen MR) is 110 cm³/mol. The van der Waals surface area contributed by atoms with E-state index in [9.17, 15) is 14.7 Å². The molecule has 1 saturated heterocycles. The molecule has 2 N–H and O–H groups in total. The molecule has 3 heterocycles. The van der Waals surface area contributed by atoms with Crippen molar-refractivity contribution >= 4 is 23.4 Å². The highest BCUT2D eigenvalue weighted by Crippen LogP contribution is 2.30. The van der Waals surface area contributed by atoms with Gasteiger partial charge in [0.1, 0.15) is 29.4 Å². The smallest absolute Gasteiger partial charge is 0.269 e. The van der Waals surface area contributed by atoms with Crippen molar-refractivity contribution in [3.63, 3.8) is 0 Å². The highest BCUT2D eigenvalue weighted by atomic mass is 35.5. The first-order chi connectivity index (χ1) is 14.3. The molecule has 2 aromatic rings. The number of halogens is 1. The Morgan fingerprint density at radius 2 is 2.10 bits per heavy atom. The van der Waals surface area contributed by atoms with Gasteiger partial charge in [-0.05, 0) is 36.8 Å². The Morgan fingerprint density at radius 1 is 1.33 bits per heavy atom. The average molecular weight is 432 g/mol. The van der Waals surface area contributed by atoms with Crippen LogP contribution in [0.2, 0.25) is 5.15 Å². The fourth-order valence-electron chi connectivity index (χ4n) is 3.13. The molecule has 9 nitrogen and oxygen atoms in total. The minimum Gasteiger partial charge on any atom is -0.391 e. The molecule has 158 valence electrons. The zero-order valence-corrected chi connectivity index (χ0v) is 17.3. The summed E-state index contributed by atoms with van der Waals surface area (Å²) in [5.41, 5.74) is 1.69. The zero-order valence-electron chi connectivity index (χ0n) is 16.6. The van der Waals surface area contributed by atoms with E-state index in [0.29, 0.717) is 17.0 Å². The van der Waals surface area contributed by atoms with Gasteiger partial charge < -0.3 is 20.1 Å². The van der Waals surface area contributed by atoms with E-state index in [1.165, 1.54) is 25.5 Å². The summed E-state index contributed by atoms with van der Waals surface area (Å²) in [6, 6.07) is 4.88. The molecule has 0 radical (unpaired) electrons. The van der Waals surface area contributed by atoms with Crippen molar-refractivity contribution in [1.29, 1.82) is 0 Å². The molecule has 30 heavy (non-hydrogen) atoms. The number of hydrogen-bond acceptors (Lipinski definition) is 7. The van der Waals surface area contributed by atoms with Crippen LogP contribution in [0.15, 0.2) is 37.2 Å². The van der Waals surface area contributed by atoms with Gasteiger partial charge in [-0.25, -0.2) is 15.0 Å². The van der Waals surface area contributed by atoms with Gasteiger partial charge >= 0.3 is 0 Å². The molecule has 10 heteroatoms. The van der Waals surface area contributed by atoms with Crippen molar-refractivity contribution in [1.82, 2.24) is 25.2 Å². The fraction of sp³-hybridized carbons (Fsp3) is 0.350. The number of aromatic nitrogens is 3. The normalized spacial score (nSPS) is 19.8. The van der Waals surface area contributed by atoms with Gasteiger partial charge in [0.15, 0.2) is 0 Å². The van der Waals surface area contributed by atoms with Gasteiger partial charge in [-0.1, -0.05) is 18.2 Å². The molecule has 1 aliphatic rings. The Kier molecular flexibility index (Phi) is 6.76. The standard InChI is InChI=1S/C20H22ClN5O4/c1-4-19(28)26-8-16(11(2)27)30-17(9-26)12-5-14(25-18(21)6-12)13-7-15(20(29)22-3)24-10-23-13/h4-7,10-11,16-17,27H,1,8-9H2,2-3H3,(H,22,29)/t11?,16?,17-/m0/s1. The number of pyridine rings is 1. The Morgan fingerprint density at radius 3 is 2.77 bits per heavy atom. The van der Waals surface area contributed by atoms with Gasteiger partial charge in [0.05, 0.1) is 24.0 Å². The maximum atomic E-state index is 12.2. The molecule has 2 aromatic heterocycles. The third-order valence-electron chi connectivity index (χ3n) is 4.73. The van der Waals surface area contributed by atoms with Crippen LogP contribution in [-0.2, 0) is 9.53 Å². The molecule has 0 aliphatic carbocycles. The topological polar surface area (TPSA) is 118 Å². The Bertz CT molecular complexity index is 968. The van der Waals surface area contributed by atoms with Crippen LogP contribution in [0.4, 0.5) is 0 Å². The van der Waals surface area contributed by atoms with Crippen LogP contribution in [0.1, 0.15) is 29.1 Å². The molecule has 0 aromatic carbocycles. The molecule has 3 atom stereocenters. The second-order valence-corrected chi connectivity index (χ2v) is 7.21. The Balaban J connectivity index is 1.97. The number of nitrogens with zero attached hydrogens (tertiary/aromatic N) is 4. The fourth-order valence-corrected chi connectivity index (χ4v) is 3.35. The van der Waals surface area contributed by atoms with Gasteiger partial charge in [0, 0.05) is 13.6 Å². The van der Waals surface area contributed by atoms with E-state index in [-0.39, 0.29) is 35.8 Å². The molecule has 0 spiro atoms. The van der Waals surface area contributed by atoms with Crippen LogP contribution in [0, 0.1) is 0 Å². The van der Waals surface area contributed by atoms with Crippen LogP contribution >= 0.6 is 11.6 Å². The number of nitrogens with one attached hydrogen (secondary N) is 1. The molecule has 3 rings (SSSR count). The lowest BCUT2D eigenvalue weighted by atomic mass is 10.0. The Labute approximate surface area is 178 Å². The van der Waals surface area contributed by atoms with E-state index in [2.05, 4.69) is 26.8 Å². The maximum absolute atomic E-state index is 12.2. The van der Waals surface area contributed by atoms with Crippen LogP contribution < -0.4 is 5.32 Å². The molecule has 1 fully saturated rings. The van der Waals surface area contributed by atoms with Crippen molar-refractivity contribution in [2.75, 3.05) is 20.1 Å². The van der Waals surface area contributed by atoms with Crippen LogP contribution in [-0.4, -0.2) is 69.1 Å². The minimum atomic E-state index is -0.776. The number of hydrogen-bond donors (Lipinski definition) is 2. The highest BCUT2D eigenvalue weighted by molar-refractivity contribution is 6.29. The second kappa shape index (κ2) is 9.29. The number of amides is 2. The largest absolute Gasteiger partial charge is 0.391 e. The summed E-state index contributed by atoms with van der Waals surface area (Å²) in [6.07, 6.45) is 0.617. The van der Waals surface area contributed by atoms with E-state index in [1.807, 2.05) is 0 Å². The molecular weight excluding hydrogens is 410 g/mol.